The number of hydrogen-bond donors (Lipinski definition) is 0. The van der Waals surface area contributed by atoms with Crippen molar-refractivity contribution in [1.82, 2.24) is 19.4 Å². The molecule has 1 aliphatic heterocycles. The number of amides is 2. The van der Waals surface area contributed by atoms with Crippen LogP contribution in [0.5, 0.6) is 0 Å². The van der Waals surface area contributed by atoms with Crippen molar-refractivity contribution in [3.63, 3.8) is 0 Å². The third-order valence-corrected chi connectivity index (χ3v) is 7.01. The highest BCUT2D eigenvalue weighted by molar-refractivity contribution is 5.96. The number of nitrogens with zero attached hydrogens (tertiary/aromatic N) is 4. The predicted molar refractivity (Wildman–Crippen MR) is 121 cm³/mol. The summed E-state index contributed by atoms with van der Waals surface area (Å²) in [4.78, 5) is 34.1. The van der Waals surface area contributed by atoms with Crippen molar-refractivity contribution in [2.75, 3.05) is 26.2 Å². The zero-order valence-corrected chi connectivity index (χ0v) is 18.8. The number of piperazine rings is 1. The third kappa shape index (κ3) is 5.00. The van der Waals surface area contributed by atoms with Crippen LogP contribution in [0, 0.1) is 19.8 Å². The highest BCUT2D eigenvalue weighted by Crippen LogP contribution is 2.29. The molecule has 6 nitrogen and oxygen atoms in total. The van der Waals surface area contributed by atoms with Gasteiger partial charge in [0.1, 0.15) is 0 Å². The Bertz CT molecular complexity index is 907. The molecule has 2 aromatic heterocycles. The van der Waals surface area contributed by atoms with E-state index in [2.05, 4.69) is 9.55 Å². The lowest BCUT2D eigenvalue weighted by molar-refractivity contribution is -0.133. The lowest BCUT2D eigenvalue weighted by atomic mass is 10.0. The first-order chi connectivity index (χ1) is 15.0. The zero-order chi connectivity index (χ0) is 21.8. The number of hydrogen-bond acceptors (Lipinski definition) is 3. The predicted octanol–water partition coefficient (Wildman–Crippen LogP) is 3.80. The normalized spacial score (nSPS) is 17.4. The highest BCUT2D eigenvalue weighted by atomic mass is 16.2. The molecule has 2 fully saturated rings. The van der Waals surface area contributed by atoms with Gasteiger partial charge in [-0.15, -0.1) is 0 Å². The van der Waals surface area contributed by atoms with Crippen LogP contribution in [0.15, 0.2) is 30.5 Å². The topological polar surface area (TPSA) is 58.4 Å². The molecule has 1 saturated heterocycles. The maximum atomic E-state index is 13.2. The lowest BCUT2D eigenvalue weighted by Gasteiger charge is -2.35. The minimum Gasteiger partial charge on any atom is -0.342 e. The van der Waals surface area contributed by atoms with Gasteiger partial charge in [-0.1, -0.05) is 31.7 Å². The fourth-order valence-electron chi connectivity index (χ4n) is 5.03. The number of aryl methyl sites for hydroxylation is 1. The van der Waals surface area contributed by atoms with Gasteiger partial charge in [0.2, 0.25) is 5.91 Å². The van der Waals surface area contributed by atoms with E-state index in [1.165, 1.54) is 25.7 Å². The Balaban J connectivity index is 1.33. The molecule has 0 bridgehead atoms. The number of pyridine rings is 1. The Morgan fingerprint density at radius 2 is 1.74 bits per heavy atom. The van der Waals surface area contributed by atoms with Crippen molar-refractivity contribution >= 4 is 11.8 Å². The van der Waals surface area contributed by atoms with Gasteiger partial charge in [0, 0.05) is 50.2 Å². The molecule has 2 aliphatic rings. The average Bonchev–Trinajstić information content (AvgIpc) is 3.42. The molecule has 166 valence electrons. The van der Waals surface area contributed by atoms with E-state index in [1.807, 2.05) is 47.9 Å². The van der Waals surface area contributed by atoms with Crippen LogP contribution in [0.1, 0.15) is 66.0 Å². The van der Waals surface area contributed by atoms with Crippen LogP contribution in [0.2, 0.25) is 0 Å². The van der Waals surface area contributed by atoms with Gasteiger partial charge < -0.3 is 14.4 Å². The van der Waals surface area contributed by atoms with E-state index in [4.69, 9.17) is 0 Å². The quantitative estimate of drug-likeness (QED) is 0.711. The monoisotopic (exact) mass is 422 g/mol. The van der Waals surface area contributed by atoms with Crippen molar-refractivity contribution in [2.45, 2.75) is 58.9 Å². The molecule has 0 unspecified atom stereocenters. The first-order valence-corrected chi connectivity index (χ1v) is 11.7. The third-order valence-electron chi connectivity index (χ3n) is 7.01. The molecule has 0 N–H and O–H groups in total. The van der Waals surface area contributed by atoms with Gasteiger partial charge in [-0.2, -0.15) is 0 Å². The van der Waals surface area contributed by atoms with E-state index in [-0.39, 0.29) is 11.8 Å². The van der Waals surface area contributed by atoms with Gasteiger partial charge in [0.15, 0.2) is 0 Å². The van der Waals surface area contributed by atoms with E-state index in [0.29, 0.717) is 39.1 Å². The smallest absolute Gasteiger partial charge is 0.255 e. The Labute approximate surface area is 185 Å². The summed E-state index contributed by atoms with van der Waals surface area (Å²) in [5, 5.41) is 0. The van der Waals surface area contributed by atoms with Crippen molar-refractivity contribution in [1.29, 1.82) is 0 Å². The van der Waals surface area contributed by atoms with Gasteiger partial charge in [0.05, 0.1) is 17.8 Å². The van der Waals surface area contributed by atoms with Crippen LogP contribution in [0.4, 0.5) is 0 Å². The Kier molecular flexibility index (Phi) is 6.73. The lowest BCUT2D eigenvalue weighted by Crippen LogP contribution is -2.50. The molecule has 2 amide bonds. The van der Waals surface area contributed by atoms with Gasteiger partial charge in [-0.25, -0.2) is 0 Å². The summed E-state index contributed by atoms with van der Waals surface area (Å²) in [7, 11) is 0. The second kappa shape index (κ2) is 9.67. The summed E-state index contributed by atoms with van der Waals surface area (Å²) < 4.78 is 2.15. The number of rotatable bonds is 6. The second-order valence-electron chi connectivity index (χ2n) is 9.05. The molecular weight excluding hydrogens is 388 g/mol. The van der Waals surface area contributed by atoms with Gasteiger partial charge >= 0.3 is 0 Å². The average molecular weight is 423 g/mol. The molecule has 0 aromatic carbocycles. The number of carbonyl (C=O) groups is 2. The van der Waals surface area contributed by atoms with E-state index in [1.54, 1.807) is 6.20 Å². The van der Waals surface area contributed by atoms with E-state index in [0.717, 1.165) is 35.0 Å². The van der Waals surface area contributed by atoms with E-state index >= 15 is 0 Å². The molecule has 2 aromatic rings. The summed E-state index contributed by atoms with van der Waals surface area (Å²) in [5.41, 5.74) is 3.78. The molecule has 1 saturated carbocycles. The minimum absolute atomic E-state index is 0.0680. The van der Waals surface area contributed by atoms with Gasteiger partial charge in [-0.3, -0.25) is 14.6 Å². The van der Waals surface area contributed by atoms with Crippen molar-refractivity contribution < 1.29 is 9.59 Å². The standard InChI is InChI=1S/C25H34N4O2/c1-19-17-23(20(2)29(19)18-22-9-5-6-12-26-22)25(31)28-15-13-27(14-16-28)24(30)11-10-21-7-3-4-8-21/h5-6,9,12,17,21H,3-4,7-8,10-11,13-16,18H2,1-2H3. The molecule has 0 radical (unpaired) electrons. The highest BCUT2D eigenvalue weighted by Gasteiger charge is 2.27. The second-order valence-corrected chi connectivity index (χ2v) is 9.05. The van der Waals surface area contributed by atoms with Crippen molar-refractivity contribution in [3.05, 3.63) is 53.1 Å². The van der Waals surface area contributed by atoms with Crippen LogP contribution in [0.25, 0.3) is 0 Å². The van der Waals surface area contributed by atoms with Crippen molar-refractivity contribution in [2.24, 2.45) is 5.92 Å². The minimum atomic E-state index is 0.0680. The van der Waals surface area contributed by atoms with Crippen LogP contribution < -0.4 is 0 Å². The first kappa shape index (κ1) is 21.6. The summed E-state index contributed by atoms with van der Waals surface area (Å²) in [6.07, 6.45) is 8.70. The fourth-order valence-corrected chi connectivity index (χ4v) is 5.03. The van der Waals surface area contributed by atoms with Crippen LogP contribution in [-0.2, 0) is 11.3 Å². The largest absolute Gasteiger partial charge is 0.342 e. The van der Waals surface area contributed by atoms with Crippen LogP contribution >= 0.6 is 0 Å². The van der Waals surface area contributed by atoms with Crippen LogP contribution in [0.3, 0.4) is 0 Å². The summed E-state index contributed by atoms with van der Waals surface area (Å²) in [6.45, 7) is 7.20. The van der Waals surface area contributed by atoms with E-state index in [9.17, 15) is 9.59 Å². The van der Waals surface area contributed by atoms with Gasteiger partial charge in [-0.05, 0) is 44.4 Å². The molecule has 0 atom stereocenters. The number of aromatic nitrogens is 2. The SMILES string of the molecule is Cc1cc(C(=O)N2CCN(C(=O)CCC3CCCC3)CC2)c(C)n1Cc1ccccn1. The molecule has 0 spiro atoms. The first-order valence-electron chi connectivity index (χ1n) is 11.7. The molecule has 1 aliphatic carbocycles. The molecular formula is C25H34N4O2. The Morgan fingerprint density at radius 3 is 2.42 bits per heavy atom. The summed E-state index contributed by atoms with van der Waals surface area (Å²) in [6, 6.07) is 7.88. The van der Waals surface area contributed by atoms with Crippen molar-refractivity contribution in [3.8, 4) is 0 Å². The Morgan fingerprint density at radius 1 is 1.03 bits per heavy atom. The van der Waals surface area contributed by atoms with Gasteiger partial charge in [0.25, 0.3) is 5.91 Å². The maximum absolute atomic E-state index is 13.2. The fraction of sp³-hybridized carbons (Fsp3) is 0.560. The molecule has 4 rings (SSSR count). The summed E-state index contributed by atoms with van der Waals surface area (Å²) >= 11 is 0. The maximum Gasteiger partial charge on any atom is 0.255 e. The molecule has 31 heavy (non-hydrogen) atoms. The zero-order valence-electron chi connectivity index (χ0n) is 18.8. The van der Waals surface area contributed by atoms with Crippen LogP contribution in [-0.4, -0.2) is 57.3 Å². The number of carbonyl (C=O) groups excluding carboxylic acids is 2. The molecule has 6 heteroatoms. The Hall–Kier alpha value is -2.63. The molecule has 3 heterocycles. The summed E-state index contributed by atoms with van der Waals surface area (Å²) in [5.74, 6) is 1.07. The van der Waals surface area contributed by atoms with E-state index < -0.39 is 0 Å².